The zero-order valence-electron chi connectivity index (χ0n) is 9.60. The van der Waals surface area contributed by atoms with Crippen molar-refractivity contribution in [2.24, 2.45) is 0 Å². The molecule has 0 amide bonds. The second kappa shape index (κ2) is 4.31. The van der Waals surface area contributed by atoms with Gasteiger partial charge in [-0.15, -0.1) is 0 Å². The predicted molar refractivity (Wildman–Crippen MR) is 72.3 cm³/mol. The molecule has 1 aliphatic rings. The third-order valence-electron chi connectivity index (χ3n) is 3.34. The summed E-state index contributed by atoms with van der Waals surface area (Å²) < 4.78 is 0. The van der Waals surface area contributed by atoms with Gasteiger partial charge in [-0.05, 0) is 29.9 Å². The highest BCUT2D eigenvalue weighted by Crippen LogP contribution is 2.32. The molecule has 1 atom stereocenters. The summed E-state index contributed by atoms with van der Waals surface area (Å²) in [4.78, 5) is 4.35. The molecule has 17 heavy (non-hydrogen) atoms. The van der Waals surface area contributed by atoms with E-state index in [0.29, 0.717) is 0 Å². The quantitative estimate of drug-likeness (QED) is 0.883. The Labute approximate surface area is 105 Å². The van der Waals surface area contributed by atoms with E-state index in [1.165, 1.54) is 10.9 Å². The summed E-state index contributed by atoms with van der Waals surface area (Å²) in [6, 6.07) is 10.2. The summed E-state index contributed by atoms with van der Waals surface area (Å²) in [6.45, 7) is 0. The first kappa shape index (κ1) is 11.1. The maximum atomic E-state index is 10.5. The van der Waals surface area contributed by atoms with E-state index in [2.05, 4.69) is 11.1 Å². The fraction of sp³-hybridized carbons (Fsp3) is 0.357. The SMILES string of the molecule is OC1(Cc2ccnc3ccccc23)CCSC1. The summed E-state index contributed by atoms with van der Waals surface area (Å²) >= 11 is 1.84. The Morgan fingerprint density at radius 3 is 3.00 bits per heavy atom. The van der Waals surface area contributed by atoms with Crippen molar-refractivity contribution < 1.29 is 5.11 Å². The fourth-order valence-electron chi connectivity index (χ4n) is 2.40. The largest absolute Gasteiger partial charge is 0.389 e. The van der Waals surface area contributed by atoms with Crippen LogP contribution in [0, 0.1) is 0 Å². The van der Waals surface area contributed by atoms with Gasteiger partial charge in [0.2, 0.25) is 0 Å². The van der Waals surface area contributed by atoms with Gasteiger partial charge in [0.1, 0.15) is 0 Å². The molecule has 0 saturated carbocycles. The maximum Gasteiger partial charge on any atom is 0.0786 e. The zero-order valence-corrected chi connectivity index (χ0v) is 10.4. The highest BCUT2D eigenvalue weighted by molar-refractivity contribution is 7.99. The van der Waals surface area contributed by atoms with Gasteiger partial charge < -0.3 is 5.11 Å². The average molecular weight is 245 g/mol. The minimum absolute atomic E-state index is 0.519. The van der Waals surface area contributed by atoms with E-state index in [9.17, 15) is 5.11 Å². The van der Waals surface area contributed by atoms with Crippen LogP contribution in [0.5, 0.6) is 0 Å². The van der Waals surface area contributed by atoms with Gasteiger partial charge in [-0.25, -0.2) is 0 Å². The molecular formula is C14H15NOS. The van der Waals surface area contributed by atoms with Crippen LogP contribution in [0.1, 0.15) is 12.0 Å². The zero-order chi connectivity index (χ0) is 11.7. The number of pyridine rings is 1. The number of fused-ring (bicyclic) bond motifs is 1. The fourth-order valence-corrected chi connectivity index (χ4v) is 3.69. The lowest BCUT2D eigenvalue weighted by Gasteiger charge is -2.21. The number of rotatable bonds is 2. The van der Waals surface area contributed by atoms with Crippen molar-refractivity contribution >= 4 is 22.7 Å². The first-order valence-corrected chi connectivity index (χ1v) is 7.05. The number of benzene rings is 1. The van der Waals surface area contributed by atoms with Crippen molar-refractivity contribution in [2.45, 2.75) is 18.4 Å². The molecule has 2 heterocycles. The smallest absolute Gasteiger partial charge is 0.0786 e. The van der Waals surface area contributed by atoms with E-state index in [1.807, 2.05) is 42.2 Å². The molecule has 3 heteroatoms. The number of hydrogen-bond donors (Lipinski definition) is 1. The van der Waals surface area contributed by atoms with Gasteiger partial charge in [0.15, 0.2) is 0 Å². The van der Waals surface area contributed by atoms with E-state index < -0.39 is 5.60 Å². The molecule has 0 radical (unpaired) electrons. The third-order valence-corrected chi connectivity index (χ3v) is 4.58. The highest BCUT2D eigenvalue weighted by Gasteiger charge is 2.32. The van der Waals surface area contributed by atoms with Crippen molar-refractivity contribution in [1.29, 1.82) is 0 Å². The van der Waals surface area contributed by atoms with Gasteiger partial charge >= 0.3 is 0 Å². The molecule has 1 unspecified atom stereocenters. The van der Waals surface area contributed by atoms with Crippen molar-refractivity contribution in [1.82, 2.24) is 4.98 Å². The molecule has 1 aromatic heterocycles. The molecule has 0 bridgehead atoms. The van der Waals surface area contributed by atoms with Crippen LogP contribution in [0.2, 0.25) is 0 Å². The Hall–Kier alpha value is -1.06. The van der Waals surface area contributed by atoms with E-state index in [4.69, 9.17) is 0 Å². The molecule has 3 rings (SSSR count). The third kappa shape index (κ3) is 2.17. The Bertz CT molecular complexity index is 529. The Morgan fingerprint density at radius 2 is 2.18 bits per heavy atom. The standard InChI is InChI=1S/C14H15NOS/c16-14(6-8-17-10-14)9-11-5-7-15-13-4-2-1-3-12(11)13/h1-5,7,16H,6,8-10H2. The predicted octanol–water partition coefficient (Wildman–Crippen LogP) is 2.65. The molecule has 1 aromatic carbocycles. The molecule has 2 aromatic rings. The molecule has 1 N–H and O–H groups in total. The van der Waals surface area contributed by atoms with Gasteiger partial charge in [-0.3, -0.25) is 4.98 Å². The van der Waals surface area contributed by atoms with Gasteiger partial charge in [0, 0.05) is 23.8 Å². The van der Waals surface area contributed by atoms with Gasteiger partial charge in [-0.2, -0.15) is 11.8 Å². The molecule has 88 valence electrons. The second-order valence-corrected chi connectivity index (χ2v) is 5.80. The Morgan fingerprint density at radius 1 is 1.29 bits per heavy atom. The normalized spacial score (nSPS) is 24.3. The van der Waals surface area contributed by atoms with E-state index in [0.717, 1.165) is 29.9 Å². The molecule has 1 fully saturated rings. The minimum Gasteiger partial charge on any atom is -0.389 e. The van der Waals surface area contributed by atoms with Crippen molar-refractivity contribution in [2.75, 3.05) is 11.5 Å². The van der Waals surface area contributed by atoms with Crippen LogP contribution in [0.4, 0.5) is 0 Å². The number of hydrogen-bond acceptors (Lipinski definition) is 3. The van der Waals surface area contributed by atoms with Crippen LogP contribution in [0.25, 0.3) is 10.9 Å². The van der Waals surface area contributed by atoms with Crippen LogP contribution in [-0.2, 0) is 6.42 Å². The number of thioether (sulfide) groups is 1. The van der Waals surface area contributed by atoms with Crippen LogP contribution in [0.15, 0.2) is 36.5 Å². The molecule has 1 aliphatic heterocycles. The molecule has 0 spiro atoms. The average Bonchev–Trinajstić information content (AvgIpc) is 2.76. The second-order valence-electron chi connectivity index (χ2n) is 4.69. The number of para-hydroxylation sites is 1. The molecule has 2 nitrogen and oxygen atoms in total. The van der Waals surface area contributed by atoms with Crippen molar-refractivity contribution in [3.05, 3.63) is 42.1 Å². The van der Waals surface area contributed by atoms with E-state index in [1.54, 1.807) is 0 Å². The van der Waals surface area contributed by atoms with Crippen molar-refractivity contribution in [3.63, 3.8) is 0 Å². The van der Waals surface area contributed by atoms with Crippen LogP contribution in [0.3, 0.4) is 0 Å². The first-order chi connectivity index (χ1) is 8.27. The van der Waals surface area contributed by atoms with Crippen LogP contribution < -0.4 is 0 Å². The summed E-state index contributed by atoms with van der Waals surface area (Å²) in [5.74, 6) is 1.92. The van der Waals surface area contributed by atoms with Gasteiger partial charge in [0.25, 0.3) is 0 Å². The Balaban J connectivity index is 2.00. The molecule has 1 saturated heterocycles. The monoisotopic (exact) mass is 245 g/mol. The highest BCUT2D eigenvalue weighted by atomic mass is 32.2. The van der Waals surface area contributed by atoms with E-state index in [-0.39, 0.29) is 0 Å². The van der Waals surface area contributed by atoms with Crippen molar-refractivity contribution in [3.8, 4) is 0 Å². The topological polar surface area (TPSA) is 33.1 Å². The molecule has 0 aliphatic carbocycles. The summed E-state index contributed by atoms with van der Waals surface area (Å²) in [7, 11) is 0. The summed E-state index contributed by atoms with van der Waals surface area (Å²) in [5, 5.41) is 11.6. The Kier molecular flexibility index (Phi) is 2.81. The summed E-state index contributed by atoms with van der Waals surface area (Å²) in [6.07, 6.45) is 3.47. The van der Waals surface area contributed by atoms with Gasteiger partial charge in [0.05, 0.1) is 11.1 Å². The number of nitrogens with zero attached hydrogens (tertiary/aromatic N) is 1. The lowest BCUT2D eigenvalue weighted by Crippen LogP contribution is -2.30. The lowest BCUT2D eigenvalue weighted by molar-refractivity contribution is 0.0690. The minimum atomic E-state index is -0.519. The van der Waals surface area contributed by atoms with E-state index >= 15 is 0 Å². The number of aromatic nitrogens is 1. The summed E-state index contributed by atoms with van der Waals surface area (Å²) in [5.41, 5.74) is 1.70. The first-order valence-electron chi connectivity index (χ1n) is 5.90. The van der Waals surface area contributed by atoms with Gasteiger partial charge in [-0.1, -0.05) is 18.2 Å². The molecular weight excluding hydrogens is 230 g/mol. The lowest BCUT2D eigenvalue weighted by atomic mass is 9.92. The maximum absolute atomic E-state index is 10.5. The van der Waals surface area contributed by atoms with Crippen LogP contribution >= 0.6 is 11.8 Å². The van der Waals surface area contributed by atoms with Crippen LogP contribution in [-0.4, -0.2) is 27.2 Å². The number of aliphatic hydroxyl groups is 1.